The number of hydrogen-bond donors (Lipinski definition) is 1. The SMILES string of the molecule is CCOC(=O)c1c(C)[nH]c(C(=O)CSc2cc(Cl)ccc2Cl)c1C. The van der Waals surface area contributed by atoms with E-state index in [1.807, 2.05) is 0 Å². The molecule has 0 aliphatic carbocycles. The number of rotatable bonds is 6. The summed E-state index contributed by atoms with van der Waals surface area (Å²) in [6, 6.07) is 5.11. The summed E-state index contributed by atoms with van der Waals surface area (Å²) in [7, 11) is 0. The molecule has 0 atom stereocenters. The number of aryl methyl sites for hydroxylation is 1. The van der Waals surface area contributed by atoms with Crippen molar-refractivity contribution < 1.29 is 14.3 Å². The lowest BCUT2D eigenvalue weighted by Crippen LogP contribution is -2.08. The van der Waals surface area contributed by atoms with E-state index < -0.39 is 5.97 Å². The van der Waals surface area contributed by atoms with Crippen LogP contribution in [0.5, 0.6) is 0 Å². The van der Waals surface area contributed by atoms with Crippen LogP contribution in [0.2, 0.25) is 10.0 Å². The zero-order valence-corrected chi connectivity index (χ0v) is 15.9. The van der Waals surface area contributed by atoms with Crippen LogP contribution in [-0.2, 0) is 4.74 Å². The van der Waals surface area contributed by atoms with Crippen molar-refractivity contribution >= 4 is 46.7 Å². The second-order valence-corrected chi connectivity index (χ2v) is 6.99. The van der Waals surface area contributed by atoms with E-state index in [9.17, 15) is 9.59 Å². The quantitative estimate of drug-likeness (QED) is 0.427. The van der Waals surface area contributed by atoms with Gasteiger partial charge in [-0.25, -0.2) is 4.79 Å². The maximum atomic E-state index is 12.5. The van der Waals surface area contributed by atoms with E-state index in [-0.39, 0.29) is 18.1 Å². The molecule has 0 bridgehead atoms. The van der Waals surface area contributed by atoms with Gasteiger partial charge in [0.05, 0.1) is 28.6 Å². The molecule has 0 fully saturated rings. The van der Waals surface area contributed by atoms with E-state index in [0.29, 0.717) is 32.6 Å². The highest BCUT2D eigenvalue weighted by Gasteiger charge is 2.22. The van der Waals surface area contributed by atoms with Crippen LogP contribution in [0.1, 0.15) is 39.0 Å². The Bertz CT molecular complexity index is 786. The standard InChI is InChI=1S/C17H17Cl2NO3S/c1-4-23-17(22)15-9(2)16(20-10(15)3)13(21)8-24-14-7-11(18)5-6-12(14)19/h5-7,20H,4,8H2,1-3H3. The highest BCUT2D eigenvalue weighted by atomic mass is 35.5. The topological polar surface area (TPSA) is 59.2 Å². The molecule has 0 radical (unpaired) electrons. The predicted molar refractivity (Wildman–Crippen MR) is 97.7 cm³/mol. The van der Waals surface area contributed by atoms with Gasteiger partial charge in [-0.2, -0.15) is 0 Å². The van der Waals surface area contributed by atoms with Gasteiger partial charge in [0.15, 0.2) is 5.78 Å². The van der Waals surface area contributed by atoms with Gasteiger partial charge in [-0.15, -0.1) is 11.8 Å². The largest absolute Gasteiger partial charge is 0.462 e. The number of esters is 1. The number of halogens is 2. The molecule has 4 nitrogen and oxygen atoms in total. The average molecular weight is 386 g/mol. The fourth-order valence-electron chi connectivity index (χ4n) is 2.34. The zero-order valence-electron chi connectivity index (χ0n) is 13.5. The highest BCUT2D eigenvalue weighted by molar-refractivity contribution is 8.00. The molecule has 2 aromatic rings. The number of aromatic amines is 1. The molecule has 2 rings (SSSR count). The summed E-state index contributed by atoms with van der Waals surface area (Å²) in [4.78, 5) is 28.2. The van der Waals surface area contributed by atoms with Gasteiger partial charge in [0.1, 0.15) is 0 Å². The van der Waals surface area contributed by atoms with Crippen molar-refractivity contribution in [1.29, 1.82) is 0 Å². The van der Waals surface area contributed by atoms with Crippen molar-refractivity contribution in [2.45, 2.75) is 25.7 Å². The number of ketones is 1. The minimum atomic E-state index is -0.423. The van der Waals surface area contributed by atoms with Crippen molar-refractivity contribution in [3.8, 4) is 0 Å². The van der Waals surface area contributed by atoms with Gasteiger partial charge in [0.25, 0.3) is 0 Å². The Balaban J connectivity index is 2.17. The predicted octanol–water partition coefficient (Wildman–Crippen LogP) is 5.09. The van der Waals surface area contributed by atoms with Crippen LogP contribution < -0.4 is 0 Å². The molecule has 0 amide bonds. The van der Waals surface area contributed by atoms with Gasteiger partial charge in [-0.1, -0.05) is 23.2 Å². The molecule has 0 saturated heterocycles. The molecule has 0 aliphatic heterocycles. The molecule has 0 aliphatic rings. The third-order valence-corrected chi connectivity index (χ3v) is 5.18. The first kappa shape index (κ1) is 18.9. The number of aromatic nitrogens is 1. The first-order valence-electron chi connectivity index (χ1n) is 7.32. The molecule has 0 spiro atoms. The van der Waals surface area contributed by atoms with E-state index in [1.54, 1.807) is 39.0 Å². The number of carbonyl (C=O) groups excluding carboxylic acids is 2. The molecule has 7 heteroatoms. The number of benzene rings is 1. The van der Waals surface area contributed by atoms with Crippen molar-refractivity contribution in [3.63, 3.8) is 0 Å². The van der Waals surface area contributed by atoms with Gasteiger partial charge >= 0.3 is 5.97 Å². The molecule has 1 N–H and O–H groups in total. The second kappa shape index (κ2) is 8.10. The van der Waals surface area contributed by atoms with Gasteiger partial charge in [-0.3, -0.25) is 4.79 Å². The summed E-state index contributed by atoms with van der Waals surface area (Å²) in [5.41, 5.74) is 2.07. The summed E-state index contributed by atoms with van der Waals surface area (Å²) >= 11 is 13.4. The maximum absolute atomic E-state index is 12.5. The summed E-state index contributed by atoms with van der Waals surface area (Å²) in [6.07, 6.45) is 0. The van der Waals surface area contributed by atoms with Gasteiger partial charge in [0, 0.05) is 15.6 Å². The monoisotopic (exact) mass is 385 g/mol. The first-order chi connectivity index (χ1) is 11.3. The van der Waals surface area contributed by atoms with Gasteiger partial charge in [-0.05, 0) is 44.5 Å². The van der Waals surface area contributed by atoms with Crippen molar-refractivity contribution in [3.05, 3.63) is 50.8 Å². The minimum Gasteiger partial charge on any atom is -0.462 e. The number of ether oxygens (including phenoxy) is 1. The van der Waals surface area contributed by atoms with Crippen molar-refractivity contribution in [2.24, 2.45) is 0 Å². The van der Waals surface area contributed by atoms with Crippen LogP contribution in [0.15, 0.2) is 23.1 Å². The summed E-state index contributed by atoms with van der Waals surface area (Å²) in [5, 5.41) is 1.11. The van der Waals surface area contributed by atoms with E-state index in [1.165, 1.54) is 11.8 Å². The summed E-state index contributed by atoms with van der Waals surface area (Å²) in [5.74, 6) is -0.358. The average Bonchev–Trinajstić information content (AvgIpc) is 2.83. The molecule has 1 aromatic heterocycles. The summed E-state index contributed by atoms with van der Waals surface area (Å²) in [6.45, 7) is 5.51. The molecule has 1 heterocycles. The molecular formula is C17H17Cl2NO3S. The molecule has 128 valence electrons. The third kappa shape index (κ3) is 4.15. The van der Waals surface area contributed by atoms with E-state index >= 15 is 0 Å². The number of H-pyrrole nitrogens is 1. The Labute approximate surface area is 154 Å². The zero-order chi connectivity index (χ0) is 17.9. The number of thioether (sulfide) groups is 1. The molecular weight excluding hydrogens is 369 g/mol. The molecule has 0 saturated carbocycles. The lowest BCUT2D eigenvalue weighted by molar-refractivity contribution is 0.0525. The van der Waals surface area contributed by atoms with Crippen LogP contribution in [0.3, 0.4) is 0 Å². The smallest absolute Gasteiger partial charge is 0.340 e. The minimum absolute atomic E-state index is 0.118. The molecule has 1 aromatic carbocycles. The number of nitrogens with one attached hydrogen (secondary N) is 1. The molecule has 24 heavy (non-hydrogen) atoms. The fourth-order valence-corrected chi connectivity index (χ4v) is 3.71. The number of Topliss-reactive ketones (excluding diaryl/α,β-unsaturated/α-hetero) is 1. The summed E-state index contributed by atoms with van der Waals surface area (Å²) < 4.78 is 5.03. The normalized spacial score (nSPS) is 10.7. The Hall–Kier alpha value is -1.43. The van der Waals surface area contributed by atoms with E-state index in [4.69, 9.17) is 27.9 Å². The lowest BCUT2D eigenvalue weighted by atomic mass is 10.1. The van der Waals surface area contributed by atoms with Crippen molar-refractivity contribution in [1.82, 2.24) is 4.98 Å². The Morgan fingerprint density at radius 1 is 1.25 bits per heavy atom. The van der Waals surface area contributed by atoms with Crippen LogP contribution >= 0.6 is 35.0 Å². The third-order valence-electron chi connectivity index (χ3n) is 3.45. The van der Waals surface area contributed by atoms with E-state index in [0.717, 1.165) is 4.90 Å². The van der Waals surface area contributed by atoms with Crippen LogP contribution in [0.25, 0.3) is 0 Å². The second-order valence-electron chi connectivity index (χ2n) is 5.13. The number of hydrogen-bond acceptors (Lipinski definition) is 4. The highest BCUT2D eigenvalue weighted by Crippen LogP contribution is 2.31. The van der Waals surface area contributed by atoms with Crippen LogP contribution in [-0.4, -0.2) is 29.1 Å². The lowest BCUT2D eigenvalue weighted by Gasteiger charge is -2.05. The Morgan fingerprint density at radius 2 is 1.96 bits per heavy atom. The van der Waals surface area contributed by atoms with Crippen molar-refractivity contribution in [2.75, 3.05) is 12.4 Å². The Kier molecular flexibility index (Phi) is 6.38. The molecule has 0 unspecified atom stereocenters. The van der Waals surface area contributed by atoms with E-state index in [2.05, 4.69) is 4.98 Å². The van der Waals surface area contributed by atoms with Gasteiger partial charge in [0.2, 0.25) is 0 Å². The first-order valence-corrected chi connectivity index (χ1v) is 9.06. The maximum Gasteiger partial charge on any atom is 0.340 e. The van der Waals surface area contributed by atoms with Crippen LogP contribution in [0.4, 0.5) is 0 Å². The fraction of sp³-hybridized carbons (Fsp3) is 0.294. The number of carbonyl (C=O) groups is 2. The van der Waals surface area contributed by atoms with Crippen LogP contribution in [0, 0.1) is 13.8 Å². The Morgan fingerprint density at radius 3 is 2.62 bits per heavy atom. The van der Waals surface area contributed by atoms with Gasteiger partial charge < -0.3 is 9.72 Å².